The van der Waals surface area contributed by atoms with Gasteiger partial charge in [0, 0.05) is 12.3 Å². The first kappa shape index (κ1) is 16.8. The van der Waals surface area contributed by atoms with Gasteiger partial charge in [0.2, 0.25) is 0 Å². The number of para-hydroxylation sites is 1. The zero-order valence-corrected chi connectivity index (χ0v) is 14.8. The van der Waals surface area contributed by atoms with Gasteiger partial charge in [-0.2, -0.15) is 5.10 Å². The summed E-state index contributed by atoms with van der Waals surface area (Å²) in [5.74, 6) is 1.19. The Kier molecular flexibility index (Phi) is 4.53. The fourth-order valence-corrected chi connectivity index (χ4v) is 2.77. The van der Waals surface area contributed by atoms with Gasteiger partial charge in [0.15, 0.2) is 5.76 Å². The van der Waals surface area contributed by atoms with E-state index in [0.717, 1.165) is 17.1 Å². The molecule has 0 spiro atoms. The molecule has 0 bridgehead atoms. The molecular formula is C21H18N4O2. The van der Waals surface area contributed by atoms with Crippen LogP contribution in [-0.4, -0.2) is 20.7 Å². The first-order valence-electron chi connectivity index (χ1n) is 8.61. The molecule has 1 aromatic carbocycles. The molecule has 0 fully saturated rings. The molecule has 1 amide bonds. The highest BCUT2D eigenvalue weighted by molar-refractivity contribution is 5.94. The molecule has 4 rings (SSSR count). The van der Waals surface area contributed by atoms with Crippen LogP contribution in [0.15, 0.2) is 77.3 Å². The van der Waals surface area contributed by atoms with E-state index in [1.807, 2.05) is 67.6 Å². The minimum absolute atomic E-state index is 0.230. The number of rotatable bonds is 5. The van der Waals surface area contributed by atoms with E-state index in [-0.39, 0.29) is 5.91 Å². The van der Waals surface area contributed by atoms with Crippen LogP contribution >= 0.6 is 0 Å². The Morgan fingerprint density at radius 3 is 2.59 bits per heavy atom. The number of amides is 1. The molecule has 1 N–H and O–H groups in total. The Bertz CT molecular complexity index is 1050. The minimum Gasteiger partial charge on any atom is -0.460 e. The van der Waals surface area contributed by atoms with Gasteiger partial charge >= 0.3 is 0 Å². The highest BCUT2D eigenvalue weighted by Crippen LogP contribution is 2.23. The molecule has 4 aromatic rings. The Balaban J connectivity index is 1.67. The summed E-state index contributed by atoms with van der Waals surface area (Å²) in [6, 6.07) is 20.6. The predicted octanol–water partition coefficient (Wildman–Crippen LogP) is 3.77. The van der Waals surface area contributed by atoms with Crippen molar-refractivity contribution in [1.29, 1.82) is 0 Å². The zero-order chi connectivity index (χ0) is 18.6. The van der Waals surface area contributed by atoms with Gasteiger partial charge in [-0.05, 0) is 43.3 Å². The average Bonchev–Trinajstić information content (AvgIpc) is 3.34. The second-order valence-electron chi connectivity index (χ2n) is 6.08. The van der Waals surface area contributed by atoms with E-state index in [1.165, 1.54) is 0 Å². The summed E-state index contributed by atoms with van der Waals surface area (Å²) in [7, 11) is 0. The number of hydrogen-bond acceptors (Lipinski definition) is 4. The van der Waals surface area contributed by atoms with Crippen molar-refractivity contribution in [3.8, 4) is 17.1 Å². The molecule has 0 aliphatic carbocycles. The molecule has 27 heavy (non-hydrogen) atoms. The lowest BCUT2D eigenvalue weighted by molar-refractivity contribution is 0.0942. The van der Waals surface area contributed by atoms with Crippen molar-refractivity contribution in [3.05, 3.63) is 90.1 Å². The zero-order valence-electron chi connectivity index (χ0n) is 14.8. The largest absolute Gasteiger partial charge is 0.460 e. The Labute approximate surface area is 156 Å². The molecule has 0 aliphatic heterocycles. The fraction of sp³-hybridized carbons (Fsp3) is 0.0952. The standard InChI is InChI=1S/C21H18N4O2/c1-15-10-11-20(27-15)18-13-19(25(24-18)17-8-3-2-4-9-17)21(26)23-14-16-7-5-6-12-22-16/h2-13H,14H2,1H3,(H,23,26). The number of pyridine rings is 1. The van der Waals surface area contributed by atoms with Crippen molar-refractivity contribution in [1.82, 2.24) is 20.1 Å². The highest BCUT2D eigenvalue weighted by atomic mass is 16.3. The molecule has 0 saturated carbocycles. The van der Waals surface area contributed by atoms with Crippen LogP contribution in [0.4, 0.5) is 0 Å². The van der Waals surface area contributed by atoms with Crippen LogP contribution in [0.2, 0.25) is 0 Å². The van der Waals surface area contributed by atoms with Gasteiger partial charge in [-0.25, -0.2) is 4.68 Å². The molecule has 3 aromatic heterocycles. The normalized spacial score (nSPS) is 10.7. The predicted molar refractivity (Wildman–Crippen MR) is 101 cm³/mol. The maximum atomic E-state index is 12.8. The third kappa shape index (κ3) is 3.64. The summed E-state index contributed by atoms with van der Waals surface area (Å²) < 4.78 is 7.29. The fourth-order valence-electron chi connectivity index (χ4n) is 2.77. The molecule has 0 aliphatic rings. The number of aromatic nitrogens is 3. The minimum atomic E-state index is -0.230. The number of nitrogens with zero attached hydrogens (tertiary/aromatic N) is 3. The lowest BCUT2D eigenvalue weighted by atomic mass is 10.2. The highest BCUT2D eigenvalue weighted by Gasteiger charge is 2.19. The van der Waals surface area contributed by atoms with Gasteiger partial charge in [-0.1, -0.05) is 24.3 Å². The van der Waals surface area contributed by atoms with E-state index >= 15 is 0 Å². The van der Waals surface area contributed by atoms with E-state index in [1.54, 1.807) is 16.9 Å². The lowest BCUT2D eigenvalue weighted by Gasteiger charge is -2.08. The number of nitrogens with one attached hydrogen (secondary N) is 1. The van der Waals surface area contributed by atoms with Crippen LogP contribution in [0.5, 0.6) is 0 Å². The molecule has 0 atom stereocenters. The van der Waals surface area contributed by atoms with Gasteiger partial charge in [0.1, 0.15) is 17.1 Å². The van der Waals surface area contributed by atoms with Gasteiger partial charge in [-0.3, -0.25) is 9.78 Å². The molecule has 134 valence electrons. The van der Waals surface area contributed by atoms with Crippen molar-refractivity contribution in [2.24, 2.45) is 0 Å². The summed E-state index contributed by atoms with van der Waals surface area (Å²) in [4.78, 5) is 17.1. The van der Waals surface area contributed by atoms with Gasteiger partial charge in [0.05, 0.1) is 17.9 Å². The van der Waals surface area contributed by atoms with Crippen LogP contribution in [0.25, 0.3) is 17.1 Å². The van der Waals surface area contributed by atoms with E-state index in [2.05, 4.69) is 15.4 Å². The second kappa shape index (κ2) is 7.29. The molecule has 3 heterocycles. The molecule has 0 radical (unpaired) electrons. The number of aryl methyl sites for hydroxylation is 1. The second-order valence-corrected chi connectivity index (χ2v) is 6.08. The number of hydrogen-bond donors (Lipinski definition) is 1. The SMILES string of the molecule is Cc1ccc(-c2cc(C(=O)NCc3ccccn3)n(-c3ccccc3)n2)o1. The van der Waals surface area contributed by atoms with Crippen molar-refractivity contribution in [3.63, 3.8) is 0 Å². The van der Waals surface area contributed by atoms with E-state index in [0.29, 0.717) is 23.7 Å². The van der Waals surface area contributed by atoms with E-state index in [9.17, 15) is 4.79 Å². The van der Waals surface area contributed by atoms with Gasteiger partial charge < -0.3 is 9.73 Å². The third-order valence-corrected chi connectivity index (χ3v) is 4.09. The Morgan fingerprint density at radius 2 is 1.89 bits per heavy atom. The van der Waals surface area contributed by atoms with Crippen LogP contribution in [0.3, 0.4) is 0 Å². The van der Waals surface area contributed by atoms with Gasteiger partial charge in [0.25, 0.3) is 5.91 Å². The molecule has 0 saturated heterocycles. The van der Waals surface area contributed by atoms with Crippen molar-refractivity contribution in [2.45, 2.75) is 13.5 Å². The Hall–Kier alpha value is -3.67. The summed E-state index contributed by atoms with van der Waals surface area (Å²) in [5.41, 5.74) is 2.63. The topological polar surface area (TPSA) is 73.0 Å². The van der Waals surface area contributed by atoms with Crippen LogP contribution < -0.4 is 5.32 Å². The van der Waals surface area contributed by atoms with Crippen molar-refractivity contribution in [2.75, 3.05) is 0 Å². The number of benzene rings is 1. The van der Waals surface area contributed by atoms with Crippen LogP contribution in [0.1, 0.15) is 21.9 Å². The summed E-state index contributed by atoms with van der Waals surface area (Å²) in [6.07, 6.45) is 1.70. The van der Waals surface area contributed by atoms with Crippen molar-refractivity contribution >= 4 is 5.91 Å². The quantitative estimate of drug-likeness (QED) is 0.589. The molecule has 6 heteroatoms. The Morgan fingerprint density at radius 1 is 1.07 bits per heavy atom. The molecule has 6 nitrogen and oxygen atoms in total. The summed E-state index contributed by atoms with van der Waals surface area (Å²) >= 11 is 0. The van der Waals surface area contributed by atoms with Crippen LogP contribution in [0, 0.1) is 6.92 Å². The third-order valence-electron chi connectivity index (χ3n) is 4.09. The molecular weight excluding hydrogens is 340 g/mol. The number of furan rings is 1. The molecule has 0 unspecified atom stereocenters. The van der Waals surface area contributed by atoms with E-state index in [4.69, 9.17) is 4.42 Å². The van der Waals surface area contributed by atoms with Crippen LogP contribution in [-0.2, 0) is 6.54 Å². The summed E-state index contributed by atoms with van der Waals surface area (Å²) in [6.45, 7) is 2.22. The smallest absolute Gasteiger partial charge is 0.270 e. The number of carbonyl (C=O) groups excluding carboxylic acids is 1. The maximum Gasteiger partial charge on any atom is 0.270 e. The van der Waals surface area contributed by atoms with Crippen molar-refractivity contribution < 1.29 is 9.21 Å². The van der Waals surface area contributed by atoms with E-state index < -0.39 is 0 Å². The monoisotopic (exact) mass is 358 g/mol. The van der Waals surface area contributed by atoms with Gasteiger partial charge in [-0.15, -0.1) is 0 Å². The first-order chi connectivity index (χ1) is 13.2. The lowest BCUT2D eigenvalue weighted by Crippen LogP contribution is -2.25. The average molecular weight is 358 g/mol. The first-order valence-corrected chi connectivity index (χ1v) is 8.61. The maximum absolute atomic E-state index is 12.8. The number of carbonyl (C=O) groups is 1. The summed E-state index contributed by atoms with van der Waals surface area (Å²) in [5, 5.41) is 7.49.